The van der Waals surface area contributed by atoms with E-state index >= 15 is 0 Å². The quantitative estimate of drug-likeness (QED) is 0.444. The normalized spacial score (nSPS) is 11.2. The Morgan fingerprint density at radius 1 is 1.43 bits per heavy atom. The number of halogens is 3. The Kier molecular flexibility index (Phi) is 6.60. The third-order valence-corrected chi connectivity index (χ3v) is 3.06. The maximum atomic E-state index is 12.0. The highest BCUT2D eigenvalue weighted by Crippen LogP contribution is 2.35. The molecule has 0 heterocycles. The molecule has 0 aliphatic rings. The molecule has 1 aromatic rings. The molecule has 9 heteroatoms. The van der Waals surface area contributed by atoms with Crippen LogP contribution in [0.1, 0.15) is 13.3 Å². The molecule has 0 aromatic heterocycles. The molecule has 1 aromatic carbocycles. The van der Waals surface area contributed by atoms with E-state index < -0.39 is 10.4 Å². The number of hydrogen-bond donors (Lipinski definition) is 1. The van der Waals surface area contributed by atoms with Gasteiger partial charge < -0.3 is 10.1 Å². The molecule has 0 aliphatic carbocycles. The van der Waals surface area contributed by atoms with Crippen molar-refractivity contribution >= 4 is 23.1 Å². The predicted octanol–water partition coefficient (Wildman–Crippen LogP) is 4.05. The van der Waals surface area contributed by atoms with E-state index in [2.05, 4.69) is 5.32 Å². The van der Waals surface area contributed by atoms with Crippen LogP contribution in [0.5, 0.6) is 5.75 Å². The summed E-state index contributed by atoms with van der Waals surface area (Å²) in [6.45, 7) is 2.15. The zero-order chi connectivity index (χ0) is 15.9. The SMILES string of the molecule is CCCOc1cccc(NCCSC(F)(F)F)c1[N+](=O)[O-]. The van der Waals surface area contributed by atoms with Gasteiger partial charge in [-0.1, -0.05) is 13.0 Å². The van der Waals surface area contributed by atoms with Crippen LogP contribution in [0.4, 0.5) is 24.5 Å². The number of ether oxygens (including phenoxy) is 1. The van der Waals surface area contributed by atoms with E-state index in [0.717, 1.165) is 0 Å². The third-order valence-electron chi connectivity index (χ3n) is 2.33. The molecule has 0 amide bonds. The molecule has 1 N–H and O–H groups in total. The Morgan fingerprint density at radius 3 is 2.71 bits per heavy atom. The second-order valence-corrected chi connectivity index (χ2v) is 5.14. The van der Waals surface area contributed by atoms with Crippen LogP contribution >= 0.6 is 11.8 Å². The fourth-order valence-corrected chi connectivity index (χ4v) is 1.97. The maximum absolute atomic E-state index is 12.0. The maximum Gasteiger partial charge on any atom is 0.441 e. The number of benzene rings is 1. The molecule has 0 fully saturated rings. The van der Waals surface area contributed by atoms with Gasteiger partial charge in [0, 0.05) is 12.3 Å². The van der Waals surface area contributed by atoms with Crippen LogP contribution in [0.2, 0.25) is 0 Å². The first-order chi connectivity index (χ1) is 9.85. The Labute approximate surface area is 124 Å². The molecular formula is C12H15F3N2O3S. The molecular weight excluding hydrogens is 309 g/mol. The van der Waals surface area contributed by atoms with Crippen molar-refractivity contribution in [3.8, 4) is 5.75 Å². The van der Waals surface area contributed by atoms with E-state index in [1.54, 1.807) is 6.07 Å². The second-order valence-electron chi connectivity index (χ2n) is 3.98. The van der Waals surface area contributed by atoms with Gasteiger partial charge in [0.1, 0.15) is 5.69 Å². The van der Waals surface area contributed by atoms with Crippen molar-refractivity contribution < 1.29 is 22.8 Å². The minimum Gasteiger partial charge on any atom is -0.487 e. The standard InChI is InChI=1S/C12H15F3N2O3S/c1-2-7-20-10-5-3-4-9(11(10)17(18)19)16-6-8-21-12(13,14)15/h3-5,16H,2,6-8H2,1H3. The van der Waals surface area contributed by atoms with Crippen LogP contribution in [-0.4, -0.2) is 29.3 Å². The van der Waals surface area contributed by atoms with Crippen molar-refractivity contribution in [3.05, 3.63) is 28.3 Å². The monoisotopic (exact) mass is 324 g/mol. The lowest BCUT2D eigenvalue weighted by Crippen LogP contribution is -2.11. The summed E-state index contributed by atoms with van der Waals surface area (Å²) >= 11 is -0.178. The summed E-state index contributed by atoms with van der Waals surface area (Å²) in [5.74, 6) is -0.129. The van der Waals surface area contributed by atoms with Crippen molar-refractivity contribution in [3.63, 3.8) is 0 Å². The number of alkyl halides is 3. The molecule has 0 saturated carbocycles. The average molecular weight is 324 g/mol. The third kappa shape index (κ3) is 6.11. The number of para-hydroxylation sites is 1. The van der Waals surface area contributed by atoms with E-state index in [-0.39, 0.29) is 41.2 Å². The molecule has 0 spiro atoms. The summed E-state index contributed by atoms with van der Waals surface area (Å²) < 4.78 is 41.3. The second kappa shape index (κ2) is 7.96. The van der Waals surface area contributed by atoms with Gasteiger partial charge in [-0.25, -0.2) is 0 Å². The Morgan fingerprint density at radius 2 is 2.14 bits per heavy atom. The molecule has 1 rings (SSSR count). The number of nitro benzene ring substituents is 1. The highest BCUT2D eigenvalue weighted by atomic mass is 32.2. The fourth-order valence-electron chi connectivity index (χ4n) is 1.53. The van der Waals surface area contributed by atoms with Crippen molar-refractivity contribution in [1.82, 2.24) is 0 Å². The zero-order valence-corrected chi connectivity index (χ0v) is 12.1. The van der Waals surface area contributed by atoms with E-state index in [1.165, 1.54) is 12.1 Å². The highest BCUT2D eigenvalue weighted by Gasteiger charge is 2.27. The molecule has 118 valence electrons. The van der Waals surface area contributed by atoms with E-state index in [1.807, 2.05) is 6.92 Å². The van der Waals surface area contributed by atoms with Gasteiger partial charge in [0.2, 0.25) is 0 Å². The number of nitro groups is 1. The molecule has 21 heavy (non-hydrogen) atoms. The molecule has 0 radical (unpaired) electrons. The van der Waals surface area contributed by atoms with Crippen LogP contribution < -0.4 is 10.1 Å². The van der Waals surface area contributed by atoms with Crippen molar-refractivity contribution in [2.45, 2.75) is 18.9 Å². The van der Waals surface area contributed by atoms with Crippen LogP contribution in [0.3, 0.4) is 0 Å². The number of hydrogen-bond acceptors (Lipinski definition) is 5. The van der Waals surface area contributed by atoms with Gasteiger partial charge in [0.15, 0.2) is 5.75 Å². The zero-order valence-electron chi connectivity index (χ0n) is 11.3. The minimum atomic E-state index is -4.31. The van der Waals surface area contributed by atoms with Gasteiger partial charge in [0.25, 0.3) is 0 Å². The summed E-state index contributed by atoms with van der Waals surface area (Å²) in [6, 6.07) is 4.45. The lowest BCUT2D eigenvalue weighted by atomic mass is 10.2. The number of anilines is 1. The summed E-state index contributed by atoms with van der Waals surface area (Å²) in [5.41, 5.74) is -4.42. The van der Waals surface area contributed by atoms with Gasteiger partial charge in [-0.3, -0.25) is 10.1 Å². The predicted molar refractivity (Wildman–Crippen MR) is 75.9 cm³/mol. The van der Waals surface area contributed by atoms with Gasteiger partial charge in [0.05, 0.1) is 11.5 Å². The van der Waals surface area contributed by atoms with Gasteiger partial charge in [-0.05, 0) is 30.3 Å². The summed E-state index contributed by atoms with van der Waals surface area (Å²) in [6.07, 6.45) is 0.692. The van der Waals surface area contributed by atoms with Crippen LogP contribution in [-0.2, 0) is 0 Å². The minimum absolute atomic E-state index is 0.0394. The summed E-state index contributed by atoms with van der Waals surface area (Å²) in [4.78, 5) is 10.5. The largest absolute Gasteiger partial charge is 0.487 e. The number of nitrogens with one attached hydrogen (secondary N) is 1. The molecule has 0 bridgehead atoms. The highest BCUT2D eigenvalue weighted by molar-refractivity contribution is 8.00. The van der Waals surface area contributed by atoms with E-state index in [0.29, 0.717) is 13.0 Å². The molecule has 0 atom stereocenters. The van der Waals surface area contributed by atoms with Crippen molar-refractivity contribution in [1.29, 1.82) is 0 Å². The van der Waals surface area contributed by atoms with Crippen LogP contribution in [0.15, 0.2) is 18.2 Å². The first-order valence-corrected chi connectivity index (χ1v) is 7.18. The fraction of sp³-hybridized carbons (Fsp3) is 0.500. The number of thioether (sulfide) groups is 1. The molecule has 0 saturated heterocycles. The topological polar surface area (TPSA) is 64.4 Å². The van der Waals surface area contributed by atoms with Crippen LogP contribution in [0.25, 0.3) is 0 Å². The summed E-state index contributed by atoms with van der Waals surface area (Å²) in [7, 11) is 0. The molecule has 5 nitrogen and oxygen atoms in total. The van der Waals surface area contributed by atoms with E-state index in [4.69, 9.17) is 4.74 Å². The molecule has 0 unspecified atom stereocenters. The van der Waals surface area contributed by atoms with Gasteiger partial charge in [-0.15, -0.1) is 0 Å². The number of rotatable bonds is 8. The van der Waals surface area contributed by atoms with E-state index in [9.17, 15) is 23.3 Å². The smallest absolute Gasteiger partial charge is 0.441 e. The lowest BCUT2D eigenvalue weighted by molar-refractivity contribution is -0.385. The number of nitrogens with zero attached hydrogens (tertiary/aromatic N) is 1. The Bertz CT molecular complexity index is 483. The van der Waals surface area contributed by atoms with Crippen molar-refractivity contribution in [2.24, 2.45) is 0 Å². The average Bonchev–Trinajstić information content (AvgIpc) is 2.40. The summed E-state index contributed by atoms with van der Waals surface area (Å²) in [5, 5.41) is 13.7. The molecule has 0 aliphatic heterocycles. The Hall–Kier alpha value is -1.64. The lowest BCUT2D eigenvalue weighted by Gasteiger charge is -2.11. The van der Waals surface area contributed by atoms with Gasteiger partial charge in [-0.2, -0.15) is 13.2 Å². The Balaban J connectivity index is 2.74. The first kappa shape index (κ1) is 17.4. The first-order valence-electron chi connectivity index (χ1n) is 6.20. The van der Waals surface area contributed by atoms with Crippen molar-refractivity contribution in [2.75, 3.05) is 24.2 Å². The van der Waals surface area contributed by atoms with Crippen LogP contribution in [0, 0.1) is 10.1 Å². The van der Waals surface area contributed by atoms with Gasteiger partial charge >= 0.3 is 11.2 Å².